The molecule has 1 aliphatic rings. The van der Waals surface area contributed by atoms with Crippen LogP contribution in [0.1, 0.15) is 24.7 Å². The number of ether oxygens (including phenoxy) is 1. The van der Waals surface area contributed by atoms with Gasteiger partial charge in [-0.1, -0.05) is 42.1 Å². The van der Waals surface area contributed by atoms with Crippen LogP contribution in [0.25, 0.3) is 0 Å². The molecule has 3 heteroatoms. The summed E-state index contributed by atoms with van der Waals surface area (Å²) in [6, 6.07) is 9.74. The van der Waals surface area contributed by atoms with Crippen molar-refractivity contribution >= 4 is 17.7 Å². The quantitative estimate of drug-likeness (QED) is 0.664. The van der Waals surface area contributed by atoms with Gasteiger partial charge in [0.2, 0.25) is 0 Å². The average molecular weight is 208 g/mol. The maximum atomic E-state index is 11.5. The number of rotatable bonds is 1. The Morgan fingerprint density at radius 2 is 1.93 bits per heavy atom. The van der Waals surface area contributed by atoms with Gasteiger partial charge in [0.1, 0.15) is 5.25 Å². The molecule has 74 valence electrons. The molecule has 0 unspecified atom stereocenters. The first kappa shape index (κ1) is 9.59. The number of benzene rings is 1. The molecule has 1 aromatic carbocycles. The topological polar surface area (TPSA) is 26.3 Å². The number of carbonyl (C=O) groups is 1. The number of cyclic esters (lactones) is 1. The summed E-state index contributed by atoms with van der Waals surface area (Å²) < 4.78 is 5.24. The van der Waals surface area contributed by atoms with Crippen LogP contribution in [0.5, 0.6) is 0 Å². The minimum absolute atomic E-state index is 0.133. The van der Waals surface area contributed by atoms with Gasteiger partial charge in [-0.3, -0.25) is 4.79 Å². The van der Waals surface area contributed by atoms with Crippen molar-refractivity contribution in [2.24, 2.45) is 0 Å². The molecule has 0 N–H and O–H groups in total. The zero-order valence-corrected chi connectivity index (χ0v) is 9.01. The molecule has 1 heterocycles. The van der Waals surface area contributed by atoms with Gasteiger partial charge in [-0.25, -0.2) is 0 Å². The van der Waals surface area contributed by atoms with Crippen molar-refractivity contribution in [3.63, 3.8) is 0 Å². The standard InChI is InChI=1S/C11H12O2S/c1-11(2)13-10(12)9(14-11)8-6-4-3-5-7-8/h3-7,9H,1-2H3/t9-/m0/s1. The fourth-order valence-corrected chi connectivity index (χ4v) is 2.62. The van der Waals surface area contributed by atoms with Gasteiger partial charge >= 0.3 is 5.97 Å². The summed E-state index contributed by atoms with van der Waals surface area (Å²) in [5.74, 6) is -0.133. The molecule has 2 rings (SSSR count). The summed E-state index contributed by atoms with van der Waals surface area (Å²) in [4.78, 5) is 11.2. The van der Waals surface area contributed by atoms with Crippen LogP contribution in [0.4, 0.5) is 0 Å². The lowest BCUT2D eigenvalue weighted by Gasteiger charge is -2.13. The van der Waals surface area contributed by atoms with Gasteiger partial charge < -0.3 is 4.74 Å². The van der Waals surface area contributed by atoms with Crippen LogP contribution in [0.15, 0.2) is 30.3 Å². The Labute approximate surface area is 87.6 Å². The smallest absolute Gasteiger partial charge is 0.325 e. The van der Waals surface area contributed by atoms with Crippen LogP contribution in [0.2, 0.25) is 0 Å². The minimum Gasteiger partial charge on any atom is -0.447 e. The number of hydrogen-bond donors (Lipinski definition) is 0. The van der Waals surface area contributed by atoms with Gasteiger partial charge in [-0.05, 0) is 19.4 Å². The van der Waals surface area contributed by atoms with E-state index in [-0.39, 0.29) is 11.2 Å². The van der Waals surface area contributed by atoms with Gasteiger partial charge in [0.15, 0.2) is 4.93 Å². The zero-order chi connectivity index (χ0) is 10.2. The van der Waals surface area contributed by atoms with E-state index >= 15 is 0 Å². The molecule has 2 nitrogen and oxygen atoms in total. The van der Waals surface area contributed by atoms with Crippen molar-refractivity contribution in [3.8, 4) is 0 Å². The van der Waals surface area contributed by atoms with Crippen LogP contribution in [-0.2, 0) is 9.53 Å². The van der Waals surface area contributed by atoms with E-state index in [1.807, 2.05) is 44.2 Å². The average Bonchev–Trinajstić information content (AvgIpc) is 2.41. The Morgan fingerprint density at radius 1 is 1.29 bits per heavy atom. The van der Waals surface area contributed by atoms with E-state index in [1.54, 1.807) is 11.8 Å². The fourth-order valence-electron chi connectivity index (χ4n) is 1.48. The van der Waals surface area contributed by atoms with Crippen molar-refractivity contribution in [1.82, 2.24) is 0 Å². The lowest BCUT2D eigenvalue weighted by atomic mass is 10.1. The van der Waals surface area contributed by atoms with Crippen LogP contribution in [0.3, 0.4) is 0 Å². The second-order valence-electron chi connectivity index (χ2n) is 3.73. The number of hydrogen-bond acceptors (Lipinski definition) is 3. The lowest BCUT2D eigenvalue weighted by molar-refractivity contribution is -0.146. The third-order valence-electron chi connectivity index (χ3n) is 2.06. The molecular formula is C11H12O2S. The van der Waals surface area contributed by atoms with E-state index in [1.165, 1.54) is 0 Å². The second-order valence-corrected chi connectivity index (χ2v) is 5.42. The molecular weight excluding hydrogens is 196 g/mol. The highest BCUT2D eigenvalue weighted by atomic mass is 32.2. The Balaban J connectivity index is 2.26. The highest BCUT2D eigenvalue weighted by molar-refractivity contribution is 8.01. The molecule has 14 heavy (non-hydrogen) atoms. The van der Waals surface area contributed by atoms with Crippen molar-refractivity contribution in [1.29, 1.82) is 0 Å². The molecule has 0 amide bonds. The second kappa shape index (κ2) is 3.31. The first-order chi connectivity index (χ1) is 6.58. The normalized spacial score (nSPS) is 24.7. The predicted molar refractivity (Wildman–Crippen MR) is 56.9 cm³/mol. The Bertz CT molecular complexity index is 346. The first-order valence-electron chi connectivity index (χ1n) is 4.54. The van der Waals surface area contributed by atoms with E-state index in [9.17, 15) is 4.79 Å². The minimum atomic E-state index is -0.391. The highest BCUT2D eigenvalue weighted by Gasteiger charge is 2.41. The van der Waals surface area contributed by atoms with E-state index in [0.717, 1.165) is 5.56 Å². The van der Waals surface area contributed by atoms with Crippen molar-refractivity contribution in [2.75, 3.05) is 0 Å². The molecule has 1 saturated heterocycles. The van der Waals surface area contributed by atoms with Crippen molar-refractivity contribution in [3.05, 3.63) is 35.9 Å². The number of esters is 1. The van der Waals surface area contributed by atoms with Gasteiger partial charge in [-0.2, -0.15) is 0 Å². The SMILES string of the molecule is CC1(C)OC(=O)[C@H](c2ccccc2)S1. The van der Waals surface area contributed by atoms with Gasteiger partial charge in [0.25, 0.3) is 0 Å². The van der Waals surface area contributed by atoms with Crippen LogP contribution in [-0.4, -0.2) is 10.9 Å². The largest absolute Gasteiger partial charge is 0.447 e. The van der Waals surface area contributed by atoms with Crippen LogP contribution >= 0.6 is 11.8 Å². The van der Waals surface area contributed by atoms with E-state index in [0.29, 0.717) is 0 Å². The maximum Gasteiger partial charge on any atom is 0.325 e. The summed E-state index contributed by atoms with van der Waals surface area (Å²) in [6.07, 6.45) is 0. The molecule has 0 saturated carbocycles. The molecule has 1 aromatic rings. The van der Waals surface area contributed by atoms with Gasteiger partial charge in [0.05, 0.1) is 0 Å². The maximum absolute atomic E-state index is 11.5. The molecule has 1 fully saturated rings. The molecule has 0 radical (unpaired) electrons. The monoisotopic (exact) mass is 208 g/mol. The van der Waals surface area contributed by atoms with Gasteiger partial charge in [0, 0.05) is 0 Å². The third kappa shape index (κ3) is 1.77. The molecule has 0 spiro atoms. The lowest BCUT2D eigenvalue weighted by Crippen LogP contribution is -2.14. The Kier molecular flexibility index (Phi) is 2.27. The molecule has 0 bridgehead atoms. The van der Waals surface area contributed by atoms with E-state index < -0.39 is 4.93 Å². The summed E-state index contributed by atoms with van der Waals surface area (Å²) in [5.41, 5.74) is 1.02. The van der Waals surface area contributed by atoms with E-state index in [4.69, 9.17) is 4.74 Å². The number of carbonyl (C=O) groups excluding carboxylic acids is 1. The van der Waals surface area contributed by atoms with Crippen molar-refractivity contribution < 1.29 is 9.53 Å². The van der Waals surface area contributed by atoms with Crippen molar-refractivity contribution in [2.45, 2.75) is 24.0 Å². The first-order valence-corrected chi connectivity index (χ1v) is 5.42. The molecule has 1 aliphatic heterocycles. The number of thioether (sulfide) groups is 1. The summed E-state index contributed by atoms with van der Waals surface area (Å²) in [6.45, 7) is 3.83. The summed E-state index contributed by atoms with van der Waals surface area (Å²) in [5, 5.41) is -0.161. The summed E-state index contributed by atoms with van der Waals surface area (Å²) >= 11 is 1.56. The van der Waals surface area contributed by atoms with E-state index in [2.05, 4.69) is 0 Å². The van der Waals surface area contributed by atoms with Crippen LogP contribution < -0.4 is 0 Å². The van der Waals surface area contributed by atoms with Crippen LogP contribution in [0, 0.1) is 0 Å². The fraction of sp³-hybridized carbons (Fsp3) is 0.364. The third-order valence-corrected chi connectivity index (χ3v) is 3.42. The van der Waals surface area contributed by atoms with Gasteiger partial charge in [-0.15, -0.1) is 0 Å². The molecule has 0 aromatic heterocycles. The zero-order valence-electron chi connectivity index (χ0n) is 8.19. The predicted octanol–water partition coefficient (Wildman–Crippen LogP) is 2.75. The molecule has 0 aliphatic carbocycles. The summed E-state index contributed by atoms with van der Waals surface area (Å²) in [7, 11) is 0. The Hall–Kier alpha value is -0.960. The Morgan fingerprint density at radius 3 is 2.43 bits per heavy atom. The highest BCUT2D eigenvalue weighted by Crippen LogP contribution is 2.46. The molecule has 1 atom stereocenters.